The van der Waals surface area contributed by atoms with Crippen LogP contribution >= 0.6 is 11.6 Å². The van der Waals surface area contributed by atoms with Crippen LogP contribution in [0.25, 0.3) is 0 Å². The number of halogens is 1. The van der Waals surface area contributed by atoms with Crippen molar-refractivity contribution in [2.24, 2.45) is 11.1 Å². The third kappa shape index (κ3) is 2.91. The fourth-order valence-corrected chi connectivity index (χ4v) is 3.77. The number of anilines is 1. The number of primary sulfonamides is 1. The zero-order chi connectivity index (χ0) is 15.9. The molecule has 0 aliphatic carbocycles. The predicted molar refractivity (Wildman–Crippen MR) is 83.3 cm³/mol. The second kappa shape index (κ2) is 5.69. The standard InChI is InChI=1S/C13H17ClN4O3S/c14-10-2-1-9(22(15,20)21)5-11(10)17-13(19)18-4-3-8-6-16-7-12(8)18/h1-2,5,8,12,16H,3-4,6-7H2,(H,17,19)(H2,15,20,21)/t8-,12+/m1/s1. The van der Waals surface area contributed by atoms with E-state index >= 15 is 0 Å². The van der Waals surface area contributed by atoms with Gasteiger partial charge in [-0.2, -0.15) is 0 Å². The monoisotopic (exact) mass is 344 g/mol. The summed E-state index contributed by atoms with van der Waals surface area (Å²) in [5, 5.41) is 11.3. The first-order valence-electron chi connectivity index (χ1n) is 6.97. The lowest BCUT2D eigenvalue weighted by Gasteiger charge is -2.24. The molecule has 2 fully saturated rings. The average molecular weight is 345 g/mol. The number of rotatable bonds is 2. The van der Waals surface area contributed by atoms with Crippen molar-refractivity contribution in [3.05, 3.63) is 23.2 Å². The van der Waals surface area contributed by atoms with Gasteiger partial charge in [0.05, 0.1) is 15.6 Å². The van der Waals surface area contributed by atoms with Gasteiger partial charge in [-0.05, 0) is 30.5 Å². The van der Waals surface area contributed by atoms with Gasteiger partial charge in [0.1, 0.15) is 0 Å². The van der Waals surface area contributed by atoms with Crippen LogP contribution in [-0.2, 0) is 10.0 Å². The van der Waals surface area contributed by atoms with Crippen LogP contribution in [0.5, 0.6) is 0 Å². The van der Waals surface area contributed by atoms with Crippen LogP contribution < -0.4 is 15.8 Å². The maximum absolute atomic E-state index is 12.4. The van der Waals surface area contributed by atoms with E-state index in [9.17, 15) is 13.2 Å². The molecule has 0 aromatic heterocycles. The fourth-order valence-electron chi connectivity index (χ4n) is 3.07. The van der Waals surface area contributed by atoms with Gasteiger partial charge < -0.3 is 15.5 Å². The molecule has 120 valence electrons. The number of fused-ring (bicyclic) bond motifs is 1. The molecule has 2 amide bonds. The zero-order valence-electron chi connectivity index (χ0n) is 11.8. The Bertz CT molecular complexity index is 709. The van der Waals surface area contributed by atoms with Crippen molar-refractivity contribution in [1.82, 2.24) is 10.2 Å². The lowest BCUT2D eigenvalue weighted by molar-refractivity contribution is 0.206. The van der Waals surface area contributed by atoms with Crippen molar-refractivity contribution < 1.29 is 13.2 Å². The molecular weight excluding hydrogens is 328 g/mol. The summed E-state index contributed by atoms with van der Waals surface area (Å²) in [6.45, 7) is 2.40. The van der Waals surface area contributed by atoms with E-state index in [4.69, 9.17) is 16.7 Å². The number of carbonyl (C=O) groups is 1. The number of carbonyl (C=O) groups excluding carboxylic acids is 1. The molecule has 0 saturated carbocycles. The van der Waals surface area contributed by atoms with Crippen LogP contribution in [0.1, 0.15) is 6.42 Å². The lowest BCUT2D eigenvalue weighted by atomic mass is 10.1. The quantitative estimate of drug-likeness (QED) is 0.738. The predicted octanol–water partition coefficient (Wildman–Crippen LogP) is 0.813. The highest BCUT2D eigenvalue weighted by Gasteiger charge is 2.40. The van der Waals surface area contributed by atoms with Gasteiger partial charge in [0.25, 0.3) is 0 Å². The highest BCUT2D eigenvalue weighted by molar-refractivity contribution is 7.89. The van der Waals surface area contributed by atoms with E-state index < -0.39 is 10.0 Å². The van der Waals surface area contributed by atoms with E-state index in [1.165, 1.54) is 18.2 Å². The maximum atomic E-state index is 12.4. The lowest BCUT2D eigenvalue weighted by Crippen LogP contribution is -2.41. The summed E-state index contributed by atoms with van der Waals surface area (Å²) in [5.74, 6) is 0.483. The number of nitrogens with zero attached hydrogens (tertiary/aromatic N) is 1. The molecule has 0 radical (unpaired) electrons. The minimum atomic E-state index is -3.84. The highest BCUT2D eigenvalue weighted by Crippen LogP contribution is 2.29. The number of likely N-dealkylation sites (tertiary alicyclic amines) is 1. The summed E-state index contributed by atoms with van der Waals surface area (Å²) in [7, 11) is -3.84. The van der Waals surface area contributed by atoms with E-state index in [0.29, 0.717) is 12.5 Å². The number of urea groups is 1. The first-order chi connectivity index (χ1) is 10.4. The third-order valence-electron chi connectivity index (χ3n) is 4.21. The van der Waals surface area contributed by atoms with E-state index in [1.807, 2.05) is 0 Å². The molecule has 2 aliphatic rings. The molecule has 0 spiro atoms. The summed E-state index contributed by atoms with van der Waals surface area (Å²) in [4.78, 5) is 14.1. The first kappa shape index (κ1) is 15.5. The summed E-state index contributed by atoms with van der Waals surface area (Å²) < 4.78 is 22.8. The van der Waals surface area contributed by atoms with E-state index in [-0.39, 0.29) is 27.7 Å². The minimum Gasteiger partial charge on any atom is -0.320 e. The second-order valence-electron chi connectivity index (χ2n) is 5.58. The molecule has 2 saturated heterocycles. The fraction of sp³-hybridized carbons (Fsp3) is 0.462. The number of sulfonamides is 1. The summed E-state index contributed by atoms with van der Waals surface area (Å²) in [5.41, 5.74) is 0.243. The van der Waals surface area contributed by atoms with Gasteiger partial charge in [0, 0.05) is 25.7 Å². The van der Waals surface area contributed by atoms with Crippen molar-refractivity contribution in [2.75, 3.05) is 25.0 Å². The first-order valence-corrected chi connectivity index (χ1v) is 8.89. The molecule has 4 N–H and O–H groups in total. The van der Waals surface area contributed by atoms with Crippen molar-refractivity contribution >= 4 is 33.3 Å². The summed E-state index contributed by atoms with van der Waals surface area (Å²) in [6, 6.07) is 3.89. The Kier molecular flexibility index (Phi) is 4.02. The Balaban J connectivity index is 1.79. The Morgan fingerprint density at radius 1 is 1.41 bits per heavy atom. The second-order valence-corrected chi connectivity index (χ2v) is 7.55. The van der Waals surface area contributed by atoms with Gasteiger partial charge in [-0.15, -0.1) is 0 Å². The molecule has 3 rings (SSSR count). The normalized spacial score (nSPS) is 24.4. The number of hydrogen-bond donors (Lipinski definition) is 3. The molecular formula is C13H17ClN4O3S. The highest BCUT2D eigenvalue weighted by atomic mass is 35.5. The number of nitrogens with one attached hydrogen (secondary N) is 2. The number of nitrogens with two attached hydrogens (primary N) is 1. The smallest absolute Gasteiger partial charge is 0.320 e. The van der Waals surface area contributed by atoms with Gasteiger partial charge in [0.15, 0.2) is 0 Å². The number of amides is 2. The zero-order valence-corrected chi connectivity index (χ0v) is 13.3. The topological polar surface area (TPSA) is 105 Å². The molecule has 0 unspecified atom stereocenters. The largest absolute Gasteiger partial charge is 0.322 e. The molecule has 2 atom stereocenters. The molecule has 2 aliphatic heterocycles. The third-order valence-corrected chi connectivity index (χ3v) is 5.45. The van der Waals surface area contributed by atoms with E-state index in [2.05, 4.69) is 10.6 Å². The van der Waals surface area contributed by atoms with Gasteiger partial charge in [0.2, 0.25) is 10.0 Å². The summed E-state index contributed by atoms with van der Waals surface area (Å²) >= 11 is 6.03. The van der Waals surface area contributed by atoms with Crippen LogP contribution in [0, 0.1) is 5.92 Å². The van der Waals surface area contributed by atoms with Gasteiger partial charge in [-0.1, -0.05) is 11.6 Å². The molecule has 9 heteroatoms. The molecule has 7 nitrogen and oxygen atoms in total. The summed E-state index contributed by atoms with van der Waals surface area (Å²) in [6.07, 6.45) is 0.968. The van der Waals surface area contributed by atoms with Crippen molar-refractivity contribution in [3.63, 3.8) is 0 Å². The van der Waals surface area contributed by atoms with Crippen LogP contribution in [0.4, 0.5) is 10.5 Å². The Morgan fingerprint density at radius 2 is 2.18 bits per heavy atom. The molecule has 22 heavy (non-hydrogen) atoms. The molecule has 1 aromatic rings. The number of hydrogen-bond acceptors (Lipinski definition) is 4. The number of benzene rings is 1. The van der Waals surface area contributed by atoms with Crippen LogP contribution in [-0.4, -0.2) is 45.0 Å². The molecule has 2 heterocycles. The van der Waals surface area contributed by atoms with Crippen molar-refractivity contribution in [2.45, 2.75) is 17.4 Å². The average Bonchev–Trinajstić information content (AvgIpc) is 3.02. The van der Waals surface area contributed by atoms with Crippen molar-refractivity contribution in [1.29, 1.82) is 0 Å². The van der Waals surface area contributed by atoms with Crippen molar-refractivity contribution in [3.8, 4) is 0 Å². The minimum absolute atomic E-state index is 0.0889. The SMILES string of the molecule is NS(=O)(=O)c1ccc(Cl)c(NC(=O)N2CC[C@@H]3CNC[C@@H]32)c1. The Hall–Kier alpha value is -1.35. The molecule has 0 bridgehead atoms. The van der Waals surface area contributed by atoms with Crippen LogP contribution in [0.3, 0.4) is 0 Å². The Labute approximate surface area is 133 Å². The molecule has 1 aromatic carbocycles. The van der Waals surface area contributed by atoms with Crippen LogP contribution in [0.2, 0.25) is 5.02 Å². The van der Waals surface area contributed by atoms with E-state index in [0.717, 1.165) is 19.5 Å². The maximum Gasteiger partial charge on any atom is 0.322 e. The van der Waals surface area contributed by atoms with Gasteiger partial charge >= 0.3 is 6.03 Å². The van der Waals surface area contributed by atoms with Gasteiger partial charge in [-0.25, -0.2) is 18.4 Å². The van der Waals surface area contributed by atoms with E-state index in [1.54, 1.807) is 4.90 Å². The van der Waals surface area contributed by atoms with Gasteiger partial charge in [-0.3, -0.25) is 0 Å². The van der Waals surface area contributed by atoms with Crippen LogP contribution in [0.15, 0.2) is 23.1 Å². The Morgan fingerprint density at radius 3 is 2.91 bits per heavy atom.